The van der Waals surface area contributed by atoms with Crippen LogP contribution in [0.15, 0.2) is 30.3 Å². The number of hydrogen-bond donors (Lipinski definition) is 0. The molecule has 0 aliphatic carbocycles. The van der Waals surface area contributed by atoms with Gasteiger partial charge in [0.2, 0.25) is 0 Å². The second-order valence-electron chi connectivity index (χ2n) is 8.36. The van der Waals surface area contributed by atoms with Crippen LogP contribution < -0.4 is 14.9 Å². The smallest absolute Gasteiger partial charge is 0.497 e. The Morgan fingerprint density at radius 2 is 1.60 bits per heavy atom. The molecule has 1 saturated heterocycles. The largest absolute Gasteiger partial charge is 0.498 e. The molecule has 0 radical (unpaired) electrons. The Labute approximate surface area is 187 Å². The minimum Gasteiger partial charge on any atom is -0.497 e. The van der Waals surface area contributed by atoms with Crippen LogP contribution in [0.2, 0.25) is 10.0 Å². The molecule has 0 amide bonds. The topological polar surface area (TPSA) is 54.0 Å². The molecule has 1 heterocycles. The van der Waals surface area contributed by atoms with Crippen LogP contribution >= 0.6 is 23.2 Å². The molecule has 1 fully saturated rings. The minimum atomic E-state index is -0.614. The van der Waals surface area contributed by atoms with Crippen LogP contribution in [-0.4, -0.2) is 31.2 Å². The van der Waals surface area contributed by atoms with E-state index >= 15 is 0 Å². The highest BCUT2D eigenvalue weighted by molar-refractivity contribution is 6.63. The first-order valence-corrected chi connectivity index (χ1v) is 10.4. The maximum atomic E-state index is 11.4. The van der Waals surface area contributed by atoms with Gasteiger partial charge in [0, 0.05) is 11.9 Å². The van der Waals surface area contributed by atoms with Crippen molar-refractivity contribution in [1.29, 1.82) is 0 Å². The average molecular weight is 451 g/mol. The second-order valence-corrected chi connectivity index (χ2v) is 9.18. The summed E-state index contributed by atoms with van der Waals surface area (Å²) in [4.78, 5) is 11.4. The van der Waals surface area contributed by atoms with E-state index in [1.165, 1.54) is 6.92 Å². The molecule has 0 aromatic heterocycles. The zero-order chi connectivity index (χ0) is 22.3. The lowest BCUT2D eigenvalue weighted by molar-refractivity contribution is -0.116. The van der Waals surface area contributed by atoms with Crippen molar-refractivity contribution in [3.63, 3.8) is 0 Å². The van der Waals surface area contributed by atoms with Gasteiger partial charge >= 0.3 is 7.12 Å². The summed E-state index contributed by atoms with van der Waals surface area (Å²) in [5.41, 5.74) is 0.462. The number of methoxy groups -OCH3 is 1. The molecule has 1 aliphatic heterocycles. The Bertz CT molecular complexity index is 935. The molecule has 2 aromatic rings. The molecule has 0 N–H and O–H groups in total. The first-order valence-electron chi connectivity index (χ1n) is 9.62. The fraction of sp³-hybridized carbons (Fsp3) is 0.409. The molecule has 0 saturated carbocycles. The monoisotopic (exact) mass is 450 g/mol. The first kappa shape index (κ1) is 22.9. The third-order valence-corrected chi connectivity index (χ3v) is 6.00. The van der Waals surface area contributed by atoms with E-state index in [0.29, 0.717) is 32.8 Å². The quantitative estimate of drug-likeness (QED) is 0.564. The van der Waals surface area contributed by atoms with Gasteiger partial charge in [0.15, 0.2) is 5.75 Å². The average Bonchev–Trinajstić information content (AvgIpc) is 2.85. The predicted octanol–water partition coefficient (Wildman–Crippen LogP) is 5.23. The molecule has 0 unspecified atom stereocenters. The van der Waals surface area contributed by atoms with Crippen LogP contribution in [0.3, 0.4) is 0 Å². The molecule has 0 atom stereocenters. The molecule has 3 rings (SSSR count). The Hall–Kier alpha value is -1.73. The fourth-order valence-electron chi connectivity index (χ4n) is 3.15. The van der Waals surface area contributed by atoms with E-state index in [-0.39, 0.29) is 12.2 Å². The highest BCUT2D eigenvalue weighted by atomic mass is 35.5. The number of carbonyl (C=O) groups excluding carboxylic acids is 1. The first-order chi connectivity index (χ1) is 13.9. The summed E-state index contributed by atoms with van der Waals surface area (Å²) in [6.45, 7) is 9.47. The SMILES string of the molecule is COc1ccc(Oc2c(Cl)cc(CC(C)=O)cc2Cl)cc1B1OC(C)(C)C(C)(C)O1. The van der Waals surface area contributed by atoms with Gasteiger partial charge in [-0.1, -0.05) is 23.2 Å². The summed E-state index contributed by atoms with van der Waals surface area (Å²) in [6, 6.07) is 8.69. The summed E-state index contributed by atoms with van der Waals surface area (Å²) < 4.78 is 23.8. The van der Waals surface area contributed by atoms with Crippen LogP contribution in [0.4, 0.5) is 0 Å². The Morgan fingerprint density at radius 1 is 1.03 bits per heavy atom. The van der Waals surface area contributed by atoms with Crippen molar-refractivity contribution in [3.05, 3.63) is 45.9 Å². The zero-order valence-corrected chi connectivity index (χ0v) is 19.5. The number of rotatable bonds is 6. The molecular formula is C22H25BCl2O5. The van der Waals surface area contributed by atoms with E-state index in [2.05, 4.69) is 0 Å². The van der Waals surface area contributed by atoms with Gasteiger partial charge in [0.25, 0.3) is 0 Å². The molecule has 1 aliphatic rings. The van der Waals surface area contributed by atoms with Crippen LogP contribution in [0.1, 0.15) is 40.2 Å². The van der Waals surface area contributed by atoms with Gasteiger partial charge in [0.05, 0.1) is 28.4 Å². The van der Waals surface area contributed by atoms with Crippen molar-refractivity contribution in [2.24, 2.45) is 0 Å². The van der Waals surface area contributed by atoms with Crippen molar-refractivity contribution in [1.82, 2.24) is 0 Å². The lowest BCUT2D eigenvalue weighted by Gasteiger charge is -2.32. The summed E-state index contributed by atoms with van der Waals surface area (Å²) in [7, 11) is 0.976. The number of ether oxygens (including phenoxy) is 2. The lowest BCUT2D eigenvalue weighted by atomic mass is 9.78. The van der Waals surface area contributed by atoms with E-state index in [4.69, 9.17) is 42.0 Å². The van der Waals surface area contributed by atoms with E-state index in [1.807, 2.05) is 27.7 Å². The van der Waals surface area contributed by atoms with E-state index in [0.717, 1.165) is 5.56 Å². The lowest BCUT2D eigenvalue weighted by Crippen LogP contribution is -2.41. The van der Waals surface area contributed by atoms with Gasteiger partial charge in [-0.3, -0.25) is 4.79 Å². The van der Waals surface area contributed by atoms with E-state index in [1.54, 1.807) is 37.4 Å². The number of hydrogen-bond acceptors (Lipinski definition) is 5. The Kier molecular flexibility index (Phi) is 6.45. The number of Topliss-reactive ketones (excluding diaryl/α,β-unsaturated/α-hetero) is 1. The Morgan fingerprint density at radius 3 is 2.10 bits per heavy atom. The van der Waals surface area contributed by atoms with Crippen LogP contribution in [0, 0.1) is 0 Å². The molecule has 30 heavy (non-hydrogen) atoms. The standard InChI is InChI=1S/C22H25BCl2O5/c1-13(26)9-14-10-17(24)20(18(25)11-14)28-15-7-8-19(27-6)16(12-15)23-29-21(2,3)22(4,5)30-23/h7-8,10-12H,9H2,1-6H3. The van der Waals surface area contributed by atoms with Gasteiger partial charge in [-0.15, -0.1) is 0 Å². The predicted molar refractivity (Wildman–Crippen MR) is 120 cm³/mol. The van der Waals surface area contributed by atoms with Gasteiger partial charge in [0.1, 0.15) is 17.3 Å². The van der Waals surface area contributed by atoms with E-state index < -0.39 is 18.3 Å². The summed E-state index contributed by atoms with van der Waals surface area (Å²) in [5, 5.41) is 0.651. The number of halogens is 2. The highest BCUT2D eigenvalue weighted by Gasteiger charge is 2.52. The molecule has 0 spiro atoms. The zero-order valence-electron chi connectivity index (χ0n) is 18.0. The Balaban J connectivity index is 1.92. The number of benzene rings is 2. The maximum Gasteiger partial charge on any atom is 0.498 e. The van der Waals surface area contributed by atoms with E-state index in [9.17, 15) is 4.79 Å². The van der Waals surface area contributed by atoms with Crippen LogP contribution in [-0.2, 0) is 20.5 Å². The fourth-order valence-corrected chi connectivity index (χ4v) is 3.76. The second kappa shape index (κ2) is 8.43. The third-order valence-electron chi connectivity index (χ3n) is 5.44. The van der Waals surface area contributed by atoms with Crippen molar-refractivity contribution in [2.45, 2.75) is 52.2 Å². The summed E-state index contributed by atoms with van der Waals surface area (Å²) in [5.74, 6) is 1.46. The molecule has 5 nitrogen and oxygen atoms in total. The molecule has 0 bridgehead atoms. The highest BCUT2D eigenvalue weighted by Crippen LogP contribution is 2.40. The summed E-state index contributed by atoms with van der Waals surface area (Å²) in [6.07, 6.45) is 0.258. The molecule has 2 aromatic carbocycles. The van der Waals surface area contributed by atoms with Gasteiger partial charge < -0.3 is 18.8 Å². The third kappa shape index (κ3) is 4.62. The normalized spacial score (nSPS) is 17.1. The van der Waals surface area contributed by atoms with Crippen LogP contribution in [0.25, 0.3) is 0 Å². The van der Waals surface area contributed by atoms with Crippen LogP contribution in [0.5, 0.6) is 17.2 Å². The van der Waals surface area contributed by atoms with Crippen molar-refractivity contribution >= 4 is 41.6 Å². The van der Waals surface area contributed by atoms with Gasteiger partial charge in [-0.05, 0) is 70.5 Å². The van der Waals surface area contributed by atoms with Gasteiger partial charge in [-0.2, -0.15) is 0 Å². The molecule has 8 heteroatoms. The van der Waals surface area contributed by atoms with Gasteiger partial charge in [-0.25, -0.2) is 0 Å². The molecule has 160 valence electrons. The van der Waals surface area contributed by atoms with Crippen molar-refractivity contribution < 1.29 is 23.6 Å². The van der Waals surface area contributed by atoms with Crippen molar-refractivity contribution in [3.8, 4) is 17.2 Å². The number of carbonyl (C=O) groups is 1. The maximum absolute atomic E-state index is 11.4. The molecular weight excluding hydrogens is 426 g/mol. The summed E-state index contributed by atoms with van der Waals surface area (Å²) >= 11 is 12.7. The van der Waals surface area contributed by atoms with Crippen molar-refractivity contribution in [2.75, 3.05) is 7.11 Å². The number of ketones is 1. The minimum absolute atomic E-state index is 0.0259.